The van der Waals surface area contributed by atoms with Gasteiger partial charge >= 0.3 is 0 Å². The van der Waals surface area contributed by atoms with Gasteiger partial charge in [-0.1, -0.05) is 0 Å². The van der Waals surface area contributed by atoms with Gasteiger partial charge in [-0.2, -0.15) is 0 Å². The smallest absolute Gasteiger partial charge is 0.143 e. The first-order valence-electron chi connectivity index (χ1n) is 4.10. The maximum absolute atomic E-state index is 9.57. The van der Waals surface area contributed by atoms with Crippen LogP contribution in [0, 0.1) is 13.8 Å². The Morgan fingerprint density at radius 3 is 2.38 bits per heavy atom. The van der Waals surface area contributed by atoms with E-state index in [2.05, 4.69) is 9.97 Å². The van der Waals surface area contributed by atoms with Gasteiger partial charge in [-0.25, -0.2) is 4.98 Å². The van der Waals surface area contributed by atoms with E-state index in [0.29, 0.717) is 5.52 Å². The number of phenolic OH excluding ortho intramolecular Hbond substituents is 1. The van der Waals surface area contributed by atoms with Crippen LogP contribution in [-0.2, 0) is 0 Å². The number of aryl methyl sites for hydroxylation is 2. The lowest BCUT2D eigenvalue weighted by molar-refractivity contribution is 0.479. The van der Waals surface area contributed by atoms with E-state index in [1.807, 2.05) is 13.8 Å². The average molecular weight is 174 g/mol. The number of fused-ring (bicyclic) bond motifs is 1. The number of rotatable bonds is 0. The molecule has 0 amide bonds. The highest BCUT2D eigenvalue weighted by Crippen LogP contribution is 2.26. The van der Waals surface area contributed by atoms with E-state index in [-0.39, 0.29) is 5.75 Å². The fourth-order valence-corrected chi connectivity index (χ4v) is 1.37. The standard InChI is InChI=1S/C10H10N2O/c1-6-5-8(13)10-9(7(6)2)11-3-4-12-10/h3-5,13H,1-2H3. The molecule has 0 unspecified atom stereocenters. The number of hydrogen-bond acceptors (Lipinski definition) is 3. The molecule has 0 saturated heterocycles. The third-order valence-electron chi connectivity index (χ3n) is 2.24. The molecular formula is C10H10N2O. The normalized spacial score (nSPS) is 10.6. The monoisotopic (exact) mass is 174 g/mol. The molecular weight excluding hydrogens is 164 g/mol. The largest absolute Gasteiger partial charge is 0.506 e. The molecule has 0 aliphatic heterocycles. The van der Waals surface area contributed by atoms with E-state index in [1.165, 1.54) is 0 Å². The molecule has 0 saturated carbocycles. The van der Waals surface area contributed by atoms with Gasteiger partial charge < -0.3 is 5.11 Å². The van der Waals surface area contributed by atoms with Crippen molar-refractivity contribution in [3.05, 3.63) is 29.6 Å². The Morgan fingerprint density at radius 2 is 1.69 bits per heavy atom. The minimum absolute atomic E-state index is 0.200. The molecule has 1 N–H and O–H groups in total. The van der Waals surface area contributed by atoms with Crippen molar-refractivity contribution in [2.45, 2.75) is 13.8 Å². The summed E-state index contributed by atoms with van der Waals surface area (Å²) in [7, 11) is 0. The Labute approximate surface area is 76.1 Å². The van der Waals surface area contributed by atoms with Crippen molar-refractivity contribution in [1.29, 1.82) is 0 Å². The molecule has 2 aromatic rings. The van der Waals surface area contributed by atoms with Crippen LogP contribution < -0.4 is 0 Å². The molecule has 0 radical (unpaired) electrons. The van der Waals surface area contributed by atoms with E-state index < -0.39 is 0 Å². The van der Waals surface area contributed by atoms with Crippen LogP contribution in [-0.4, -0.2) is 15.1 Å². The van der Waals surface area contributed by atoms with Crippen LogP contribution in [0.5, 0.6) is 5.75 Å². The molecule has 0 spiro atoms. The lowest BCUT2D eigenvalue weighted by atomic mass is 10.1. The molecule has 0 aliphatic rings. The van der Waals surface area contributed by atoms with Gasteiger partial charge in [-0.05, 0) is 31.0 Å². The SMILES string of the molecule is Cc1cc(O)c2nccnc2c1C. The fraction of sp³-hybridized carbons (Fsp3) is 0.200. The van der Waals surface area contributed by atoms with Crippen LogP contribution in [0.3, 0.4) is 0 Å². The molecule has 3 nitrogen and oxygen atoms in total. The third-order valence-corrected chi connectivity index (χ3v) is 2.24. The maximum Gasteiger partial charge on any atom is 0.143 e. The van der Waals surface area contributed by atoms with Gasteiger partial charge in [0.2, 0.25) is 0 Å². The molecule has 3 heteroatoms. The Kier molecular flexibility index (Phi) is 1.65. The van der Waals surface area contributed by atoms with Gasteiger partial charge in [0.1, 0.15) is 11.3 Å². The molecule has 0 atom stereocenters. The van der Waals surface area contributed by atoms with E-state index >= 15 is 0 Å². The molecule has 13 heavy (non-hydrogen) atoms. The first kappa shape index (κ1) is 7.98. The second-order valence-electron chi connectivity index (χ2n) is 3.09. The fourth-order valence-electron chi connectivity index (χ4n) is 1.37. The molecule has 0 fully saturated rings. The number of phenols is 1. The number of benzene rings is 1. The summed E-state index contributed by atoms with van der Waals surface area (Å²) >= 11 is 0. The van der Waals surface area contributed by atoms with E-state index in [1.54, 1.807) is 18.5 Å². The van der Waals surface area contributed by atoms with Crippen molar-refractivity contribution >= 4 is 11.0 Å². The van der Waals surface area contributed by atoms with E-state index in [9.17, 15) is 5.11 Å². The molecule has 0 bridgehead atoms. The van der Waals surface area contributed by atoms with Crippen molar-refractivity contribution in [3.8, 4) is 5.75 Å². The summed E-state index contributed by atoms with van der Waals surface area (Å²) in [6.07, 6.45) is 3.21. The van der Waals surface area contributed by atoms with Gasteiger partial charge in [-0.15, -0.1) is 0 Å². The first-order chi connectivity index (χ1) is 6.20. The zero-order chi connectivity index (χ0) is 9.42. The van der Waals surface area contributed by atoms with Crippen LogP contribution in [0.1, 0.15) is 11.1 Å². The van der Waals surface area contributed by atoms with Gasteiger partial charge in [0.15, 0.2) is 0 Å². The number of aromatic nitrogens is 2. The Bertz CT molecular complexity index is 466. The Morgan fingerprint density at radius 1 is 1.08 bits per heavy atom. The van der Waals surface area contributed by atoms with E-state index in [0.717, 1.165) is 16.6 Å². The third kappa shape index (κ3) is 1.13. The highest BCUT2D eigenvalue weighted by Gasteiger charge is 2.06. The quantitative estimate of drug-likeness (QED) is 0.664. The Balaban J connectivity index is 2.97. The van der Waals surface area contributed by atoms with Gasteiger partial charge in [0.05, 0.1) is 5.52 Å². The zero-order valence-electron chi connectivity index (χ0n) is 7.57. The molecule has 0 aliphatic carbocycles. The van der Waals surface area contributed by atoms with Crippen LogP contribution in [0.15, 0.2) is 18.5 Å². The second kappa shape index (κ2) is 2.69. The number of aromatic hydroxyl groups is 1. The summed E-state index contributed by atoms with van der Waals surface area (Å²) in [6, 6.07) is 1.71. The summed E-state index contributed by atoms with van der Waals surface area (Å²) in [6.45, 7) is 3.93. The molecule has 66 valence electrons. The highest BCUT2D eigenvalue weighted by atomic mass is 16.3. The predicted octanol–water partition coefficient (Wildman–Crippen LogP) is 1.95. The molecule has 2 rings (SSSR count). The average Bonchev–Trinajstić information content (AvgIpc) is 2.15. The minimum Gasteiger partial charge on any atom is -0.506 e. The van der Waals surface area contributed by atoms with Crippen LogP contribution in [0.4, 0.5) is 0 Å². The Hall–Kier alpha value is -1.64. The van der Waals surface area contributed by atoms with E-state index in [4.69, 9.17) is 0 Å². The van der Waals surface area contributed by atoms with Crippen molar-refractivity contribution in [3.63, 3.8) is 0 Å². The lowest BCUT2D eigenvalue weighted by Gasteiger charge is -2.05. The maximum atomic E-state index is 9.57. The van der Waals surface area contributed by atoms with Crippen molar-refractivity contribution < 1.29 is 5.11 Å². The topological polar surface area (TPSA) is 46.0 Å². The van der Waals surface area contributed by atoms with Crippen LogP contribution in [0.25, 0.3) is 11.0 Å². The summed E-state index contributed by atoms with van der Waals surface area (Å²) in [5.74, 6) is 0.200. The lowest BCUT2D eigenvalue weighted by Crippen LogP contribution is -1.89. The minimum atomic E-state index is 0.200. The summed E-state index contributed by atoms with van der Waals surface area (Å²) in [5, 5.41) is 9.57. The number of hydrogen-bond donors (Lipinski definition) is 1. The van der Waals surface area contributed by atoms with Gasteiger partial charge in [0, 0.05) is 12.4 Å². The van der Waals surface area contributed by atoms with Gasteiger partial charge in [-0.3, -0.25) is 4.98 Å². The molecule has 1 aromatic carbocycles. The predicted molar refractivity (Wildman–Crippen MR) is 50.7 cm³/mol. The highest BCUT2D eigenvalue weighted by molar-refractivity contribution is 5.84. The van der Waals surface area contributed by atoms with Gasteiger partial charge in [0.25, 0.3) is 0 Å². The first-order valence-corrected chi connectivity index (χ1v) is 4.10. The summed E-state index contributed by atoms with van der Waals surface area (Å²) < 4.78 is 0. The van der Waals surface area contributed by atoms with Crippen LogP contribution >= 0.6 is 0 Å². The van der Waals surface area contributed by atoms with Crippen molar-refractivity contribution in [2.24, 2.45) is 0 Å². The summed E-state index contributed by atoms with van der Waals surface area (Å²) in [4.78, 5) is 8.25. The molecule has 1 aromatic heterocycles. The summed E-state index contributed by atoms with van der Waals surface area (Å²) in [5.41, 5.74) is 3.46. The second-order valence-corrected chi connectivity index (χ2v) is 3.09. The van der Waals surface area contributed by atoms with Crippen molar-refractivity contribution in [1.82, 2.24) is 9.97 Å². The molecule has 1 heterocycles. The van der Waals surface area contributed by atoms with Crippen LogP contribution in [0.2, 0.25) is 0 Å². The van der Waals surface area contributed by atoms with Crippen molar-refractivity contribution in [2.75, 3.05) is 0 Å². The zero-order valence-corrected chi connectivity index (χ0v) is 7.57. The number of nitrogens with zero attached hydrogens (tertiary/aromatic N) is 2.